The van der Waals surface area contributed by atoms with Gasteiger partial charge in [-0.05, 0) is 37.1 Å². The molecular formula is C17H22N4O4S. The first-order chi connectivity index (χ1) is 12.5. The molecule has 1 aromatic carbocycles. The predicted molar refractivity (Wildman–Crippen MR) is 95.3 cm³/mol. The highest BCUT2D eigenvalue weighted by Crippen LogP contribution is 2.21. The standard InChI is InChI=1S/C17H22N4O4S/c1-2-15-19-20-17(25-15)18-16(22)13-7-9-14(10-8-13)26(23,24)21-11-5-3-4-6-12-21/h7-10H,2-6,11-12H2,1H3,(H,18,20,22). The minimum Gasteiger partial charge on any atom is -0.408 e. The number of carbonyl (C=O) groups is 1. The van der Waals surface area contributed by atoms with Crippen LogP contribution in [0.3, 0.4) is 0 Å². The monoisotopic (exact) mass is 378 g/mol. The van der Waals surface area contributed by atoms with Crippen molar-refractivity contribution in [1.82, 2.24) is 14.5 Å². The van der Waals surface area contributed by atoms with Crippen LogP contribution in [0.25, 0.3) is 0 Å². The van der Waals surface area contributed by atoms with E-state index in [1.165, 1.54) is 28.6 Å². The van der Waals surface area contributed by atoms with Crippen LogP contribution < -0.4 is 5.32 Å². The van der Waals surface area contributed by atoms with Crippen molar-refractivity contribution < 1.29 is 17.6 Å². The predicted octanol–water partition coefficient (Wildman–Crippen LogP) is 2.45. The molecule has 1 aliphatic heterocycles. The second-order valence-corrected chi connectivity index (χ2v) is 8.09. The van der Waals surface area contributed by atoms with Gasteiger partial charge in [-0.3, -0.25) is 10.1 Å². The Labute approximate surface area is 152 Å². The van der Waals surface area contributed by atoms with Crippen molar-refractivity contribution in [2.45, 2.75) is 43.9 Å². The van der Waals surface area contributed by atoms with E-state index in [2.05, 4.69) is 15.5 Å². The molecule has 1 amide bonds. The van der Waals surface area contributed by atoms with Gasteiger partial charge >= 0.3 is 6.01 Å². The molecule has 140 valence electrons. The van der Waals surface area contributed by atoms with Gasteiger partial charge in [0.2, 0.25) is 15.9 Å². The number of hydrogen-bond acceptors (Lipinski definition) is 6. The normalized spacial score (nSPS) is 16.2. The lowest BCUT2D eigenvalue weighted by Gasteiger charge is -2.19. The lowest BCUT2D eigenvalue weighted by Crippen LogP contribution is -2.31. The number of hydrogen-bond donors (Lipinski definition) is 1. The second kappa shape index (κ2) is 7.96. The van der Waals surface area contributed by atoms with E-state index < -0.39 is 15.9 Å². The topological polar surface area (TPSA) is 105 Å². The maximum absolute atomic E-state index is 12.7. The molecule has 0 atom stereocenters. The van der Waals surface area contributed by atoms with Gasteiger partial charge in [0.25, 0.3) is 5.91 Å². The largest absolute Gasteiger partial charge is 0.408 e. The minimum absolute atomic E-state index is 0.0214. The lowest BCUT2D eigenvalue weighted by molar-refractivity contribution is 0.102. The molecule has 0 aliphatic carbocycles. The highest BCUT2D eigenvalue weighted by atomic mass is 32.2. The molecule has 1 N–H and O–H groups in total. The van der Waals surface area contributed by atoms with E-state index in [1.54, 1.807) is 0 Å². The molecule has 0 unspecified atom stereocenters. The molecule has 1 aromatic heterocycles. The Kier molecular flexibility index (Phi) is 5.67. The summed E-state index contributed by atoms with van der Waals surface area (Å²) in [5, 5.41) is 10.0. The molecule has 1 fully saturated rings. The number of sulfonamides is 1. The van der Waals surface area contributed by atoms with Gasteiger partial charge in [-0.1, -0.05) is 24.9 Å². The van der Waals surface area contributed by atoms with Crippen molar-refractivity contribution in [1.29, 1.82) is 0 Å². The molecule has 0 radical (unpaired) electrons. The molecule has 2 aromatic rings. The Balaban J connectivity index is 1.71. The molecule has 0 bridgehead atoms. The fourth-order valence-corrected chi connectivity index (χ4v) is 4.34. The van der Waals surface area contributed by atoms with E-state index in [0.29, 0.717) is 31.0 Å². The lowest BCUT2D eigenvalue weighted by atomic mass is 10.2. The smallest absolute Gasteiger partial charge is 0.322 e. The van der Waals surface area contributed by atoms with Gasteiger partial charge in [-0.15, -0.1) is 5.10 Å². The molecule has 1 aliphatic rings. The van der Waals surface area contributed by atoms with Crippen LogP contribution in [0.5, 0.6) is 0 Å². The van der Waals surface area contributed by atoms with Crippen molar-refractivity contribution in [3.8, 4) is 0 Å². The average Bonchev–Trinajstić information content (AvgIpc) is 2.91. The number of rotatable bonds is 5. The summed E-state index contributed by atoms with van der Waals surface area (Å²) in [6.07, 6.45) is 4.44. The van der Waals surface area contributed by atoms with Gasteiger partial charge in [0.15, 0.2) is 0 Å². The zero-order chi connectivity index (χ0) is 18.6. The SMILES string of the molecule is CCc1nnc(NC(=O)c2ccc(S(=O)(=O)N3CCCCCC3)cc2)o1. The van der Waals surface area contributed by atoms with Gasteiger partial charge in [-0.25, -0.2) is 8.42 Å². The van der Waals surface area contributed by atoms with E-state index >= 15 is 0 Å². The highest BCUT2D eigenvalue weighted by Gasteiger charge is 2.25. The third-order valence-corrected chi connectivity index (χ3v) is 6.22. The van der Waals surface area contributed by atoms with Gasteiger partial charge in [0, 0.05) is 25.1 Å². The average molecular weight is 378 g/mol. The van der Waals surface area contributed by atoms with Crippen LogP contribution in [0.4, 0.5) is 6.01 Å². The number of carbonyl (C=O) groups excluding carboxylic acids is 1. The van der Waals surface area contributed by atoms with Crippen LogP contribution in [-0.2, 0) is 16.4 Å². The van der Waals surface area contributed by atoms with E-state index in [4.69, 9.17) is 4.42 Å². The Morgan fingerprint density at radius 3 is 2.35 bits per heavy atom. The summed E-state index contributed by atoms with van der Waals surface area (Å²) < 4.78 is 32.2. The number of amides is 1. The number of nitrogens with zero attached hydrogens (tertiary/aromatic N) is 3. The van der Waals surface area contributed by atoms with Crippen LogP contribution in [0, 0.1) is 0 Å². The number of aryl methyl sites for hydroxylation is 1. The molecule has 2 heterocycles. The van der Waals surface area contributed by atoms with Crippen molar-refractivity contribution in [2.24, 2.45) is 0 Å². The molecule has 0 saturated carbocycles. The summed E-state index contributed by atoms with van der Waals surface area (Å²) in [7, 11) is -3.53. The number of anilines is 1. The Morgan fingerprint density at radius 1 is 1.12 bits per heavy atom. The van der Waals surface area contributed by atoms with Crippen LogP contribution in [-0.4, -0.2) is 41.9 Å². The van der Waals surface area contributed by atoms with Gasteiger partial charge in [0.05, 0.1) is 4.90 Å². The van der Waals surface area contributed by atoms with Gasteiger partial charge in [0.1, 0.15) is 0 Å². The molecule has 26 heavy (non-hydrogen) atoms. The summed E-state index contributed by atoms with van der Waals surface area (Å²) in [6, 6.07) is 5.91. The second-order valence-electron chi connectivity index (χ2n) is 6.15. The first kappa shape index (κ1) is 18.5. The van der Waals surface area contributed by atoms with Crippen molar-refractivity contribution in [3.63, 3.8) is 0 Å². The molecule has 8 nitrogen and oxygen atoms in total. The van der Waals surface area contributed by atoms with Gasteiger partial charge in [-0.2, -0.15) is 4.31 Å². The van der Waals surface area contributed by atoms with Crippen molar-refractivity contribution in [2.75, 3.05) is 18.4 Å². The number of nitrogens with one attached hydrogen (secondary N) is 1. The summed E-state index contributed by atoms with van der Waals surface area (Å²) in [4.78, 5) is 12.4. The summed E-state index contributed by atoms with van der Waals surface area (Å²) >= 11 is 0. The molecule has 1 saturated heterocycles. The molecule has 0 spiro atoms. The summed E-state index contributed by atoms with van der Waals surface area (Å²) in [5.41, 5.74) is 0.316. The van der Waals surface area contributed by atoms with Crippen LogP contribution in [0.15, 0.2) is 33.6 Å². The molecular weight excluding hydrogens is 356 g/mol. The zero-order valence-electron chi connectivity index (χ0n) is 14.6. The first-order valence-corrected chi connectivity index (χ1v) is 10.2. The van der Waals surface area contributed by atoms with Crippen LogP contribution >= 0.6 is 0 Å². The quantitative estimate of drug-likeness (QED) is 0.857. The fourth-order valence-electron chi connectivity index (χ4n) is 2.83. The van der Waals surface area contributed by atoms with E-state index in [0.717, 1.165) is 25.7 Å². The Bertz CT molecular complexity index is 853. The first-order valence-electron chi connectivity index (χ1n) is 8.74. The highest BCUT2D eigenvalue weighted by molar-refractivity contribution is 7.89. The third kappa shape index (κ3) is 4.10. The minimum atomic E-state index is -3.53. The summed E-state index contributed by atoms with van der Waals surface area (Å²) in [5.74, 6) is -0.00536. The van der Waals surface area contributed by atoms with Crippen LogP contribution in [0.2, 0.25) is 0 Å². The summed E-state index contributed by atoms with van der Waals surface area (Å²) in [6.45, 7) is 2.95. The van der Waals surface area contributed by atoms with E-state index in [-0.39, 0.29) is 10.9 Å². The maximum atomic E-state index is 12.7. The maximum Gasteiger partial charge on any atom is 0.322 e. The Morgan fingerprint density at radius 2 is 1.77 bits per heavy atom. The van der Waals surface area contributed by atoms with Gasteiger partial charge < -0.3 is 4.42 Å². The van der Waals surface area contributed by atoms with Crippen molar-refractivity contribution >= 4 is 21.9 Å². The van der Waals surface area contributed by atoms with E-state index in [9.17, 15) is 13.2 Å². The molecule has 9 heteroatoms. The fraction of sp³-hybridized carbons (Fsp3) is 0.471. The molecule has 3 rings (SSSR count). The number of aromatic nitrogens is 2. The number of benzene rings is 1. The third-order valence-electron chi connectivity index (χ3n) is 4.31. The van der Waals surface area contributed by atoms with Crippen molar-refractivity contribution in [3.05, 3.63) is 35.7 Å². The van der Waals surface area contributed by atoms with Crippen LogP contribution in [0.1, 0.15) is 48.9 Å². The van der Waals surface area contributed by atoms with E-state index in [1.807, 2.05) is 6.92 Å². The Hall–Kier alpha value is -2.26. The zero-order valence-corrected chi connectivity index (χ0v) is 15.5.